The van der Waals surface area contributed by atoms with Gasteiger partial charge in [0, 0.05) is 55.7 Å². The molecule has 3 aromatic rings. The number of urea groups is 1. The number of hydrogen-bond acceptors (Lipinski definition) is 4. The van der Waals surface area contributed by atoms with E-state index in [4.69, 9.17) is 0 Å². The van der Waals surface area contributed by atoms with E-state index in [1.54, 1.807) is 6.20 Å². The Labute approximate surface area is 206 Å². The summed E-state index contributed by atoms with van der Waals surface area (Å²) in [5.41, 5.74) is 3.30. The quantitative estimate of drug-likeness (QED) is 0.590. The number of aryl methyl sites for hydroxylation is 1. The van der Waals surface area contributed by atoms with Gasteiger partial charge in [0.2, 0.25) is 10.0 Å². The number of anilines is 2. The Morgan fingerprint density at radius 3 is 2.35 bits per heavy atom. The van der Waals surface area contributed by atoms with Gasteiger partial charge in [0.25, 0.3) is 0 Å². The second-order valence-corrected chi connectivity index (χ2v) is 10.8. The topological polar surface area (TPSA) is 87.5 Å². The van der Waals surface area contributed by atoms with Gasteiger partial charge in [-0.1, -0.05) is 18.2 Å². The minimum atomic E-state index is -3.35. The third kappa shape index (κ3) is 4.25. The van der Waals surface area contributed by atoms with Gasteiger partial charge in [-0.05, 0) is 48.7 Å². The van der Waals surface area contributed by atoms with E-state index in [2.05, 4.69) is 10.3 Å². The van der Waals surface area contributed by atoms with Crippen LogP contribution in [-0.4, -0.2) is 54.8 Å². The Morgan fingerprint density at radius 2 is 1.74 bits per heavy atom. The molecule has 0 atom stereocenters. The van der Waals surface area contributed by atoms with Crippen LogP contribution in [0, 0.1) is 0 Å². The predicted molar refractivity (Wildman–Crippen MR) is 136 cm³/mol. The van der Waals surface area contributed by atoms with Crippen LogP contribution in [0.4, 0.5) is 16.2 Å². The normalized spacial score (nSPS) is 16.8. The number of nitrogens with one attached hydrogen (secondary N) is 1. The van der Waals surface area contributed by atoms with Crippen LogP contribution in [0.15, 0.2) is 60.9 Å². The zero-order chi connectivity index (χ0) is 23.2. The van der Waals surface area contributed by atoms with E-state index in [0.717, 1.165) is 41.2 Å². The molecule has 1 N–H and O–H groups in total. The number of sulfonamides is 1. The van der Waals surface area contributed by atoms with E-state index in [0.29, 0.717) is 19.6 Å². The van der Waals surface area contributed by atoms with Gasteiger partial charge < -0.3 is 14.8 Å². The molecule has 3 heterocycles. The summed E-state index contributed by atoms with van der Waals surface area (Å²) in [6.45, 7) is 1.58. The number of imidazole rings is 1. The van der Waals surface area contributed by atoms with Crippen molar-refractivity contribution in [3.63, 3.8) is 0 Å². The molecule has 180 valence electrons. The van der Waals surface area contributed by atoms with Crippen molar-refractivity contribution in [2.45, 2.75) is 18.3 Å². The summed E-state index contributed by atoms with van der Waals surface area (Å²) in [6, 6.07) is 15.2. The van der Waals surface area contributed by atoms with E-state index in [-0.39, 0.29) is 23.9 Å². The molecule has 1 aromatic heterocycles. The maximum Gasteiger partial charge on any atom is 0.321 e. The van der Waals surface area contributed by atoms with Crippen LogP contribution in [0.3, 0.4) is 0 Å². The molecule has 0 aliphatic carbocycles. The first-order chi connectivity index (χ1) is 15.8. The second kappa shape index (κ2) is 8.96. The van der Waals surface area contributed by atoms with Crippen molar-refractivity contribution in [1.29, 1.82) is 0 Å². The zero-order valence-electron chi connectivity index (χ0n) is 19.1. The van der Waals surface area contributed by atoms with E-state index in [1.807, 2.05) is 71.2 Å². The molecule has 2 aliphatic rings. The number of carbonyl (C=O) groups excluding carboxylic acids is 1. The average Bonchev–Trinajstić information content (AvgIpc) is 3.37. The molecule has 34 heavy (non-hydrogen) atoms. The number of amides is 2. The number of para-hydroxylation sites is 1. The van der Waals surface area contributed by atoms with Crippen LogP contribution in [0.5, 0.6) is 0 Å². The van der Waals surface area contributed by atoms with Crippen LogP contribution in [0.1, 0.15) is 18.4 Å². The Morgan fingerprint density at radius 1 is 1.06 bits per heavy atom. The van der Waals surface area contributed by atoms with Gasteiger partial charge in [-0.15, -0.1) is 12.4 Å². The number of nitrogens with zero attached hydrogens (tertiary/aromatic N) is 4. The first-order valence-electron chi connectivity index (χ1n) is 11.0. The molecular weight excluding hydrogens is 474 g/mol. The van der Waals surface area contributed by atoms with Crippen molar-refractivity contribution in [2.24, 2.45) is 7.05 Å². The lowest BCUT2D eigenvalue weighted by molar-refractivity contribution is 0.173. The highest BCUT2D eigenvalue weighted by atomic mass is 35.5. The summed E-state index contributed by atoms with van der Waals surface area (Å²) >= 11 is 0. The lowest BCUT2D eigenvalue weighted by atomic mass is 9.74. The van der Waals surface area contributed by atoms with Gasteiger partial charge in [-0.3, -0.25) is 4.31 Å². The van der Waals surface area contributed by atoms with E-state index < -0.39 is 10.0 Å². The molecule has 10 heteroatoms. The predicted octanol–water partition coefficient (Wildman–Crippen LogP) is 3.85. The molecule has 1 spiro atoms. The molecule has 5 rings (SSSR count). The Bertz CT molecular complexity index is 1300. The van der Waals surface area contributed by atoms with Crippen molar-refractivity contribution in [3.8, 4) is 11.4 Å². The average molecular weight is 502 g/mol. The number of rotatable bonds is 3. The zero-order valence-corrected chi connectivity index (χ0v) is 20.8. The molecular formula is C24H28ClN5O3S. The molecule has 1 saturated heterocycles. The highest BCUT2D eigenvalue weighted by Crippen LogP contribution is 2.47. The fraction of sp³-hybridized carbons (Fsp3) is 0.333. The lowest BCUT2D eigenvalue weighted by Gasteiger charge is -2.39. The van der Waals surface area contributed by atoms with Crippen LogP contribution >= 0.6 is 12.4 Å². The smallest absolute Gasteiger partial charge is 0.321 e. The number of fused-ring (bicyclic) bond motifs is 2. The first-order valence-corrected chi connectivity index (χ1v) is 12.8. The molecule has 2 aromatic carbocycles. The number of aromatic nitrogens is 2. The standard InChI is InChI=1S/C24H27N5O3S.ClH/c1-27-16-13-25-22(27)18-7-9-19(10-8-18)26-23(30)28-14-11-24(12-15-28)17-29(33(2,31)32)21-6-4-3-5-20(21)24;/h3-10,13,16H,11-12,14-15,17H2,1-2H3,(H,26,30);1H. The van der Waals surface area contributed by atoms with Gasteiger partial charge in [-0.2, -0.15) is 0 Å². The molecule has 2 amide bonds. The summed E-state index contributed by atoms with van der Waals surface area (Å²) in [7, 11) is -1.41. The number of carbonyl (C=O) groups is 1. The van der Waals surface area contributed by atoms with Crippen molar-refractivity contribution < 1.29 is 13.2 Å². The molecule has 8 nitrogen and oxygen atoms in total. The molecule has 0 saturated carbocycles. The summed E-state index contributed by atoms with van der Waals surface area (Å²) in [4.78, 5) is 19.1. The van der Waals surface area contributed by atoms with E-state index >= 15 is 0 Å². The molecule has 1 fully saturated rings. The minimum Gasteiger partial charge on any atom is -0.334 e. The van der Waals surface area contributed by atoms with Crippen LogP contribution in [0.2, 0.25) is 0 Å². The Hall–Kier alpha value is -3.04. The summed E-state index contributed by atoms with van der Waals surface area (Å²) in [5, 5.41) is 2.98. The fourth-order valence-corrected chi connectivity index (χ4v) is 5.99. The summed E-state index contributed by atoms with van der Waals surface area (Å²) in [5.74, 6) is 0.870. The SMILES string of the molecule is Cl.Cn1ccnc1-c1ccc(NC(=O)N2CCC3(CC2)CN(S(C)(=O)=O)c2ccccc23)cc1. The first kappa shape index (κ1) is 24.1. The number of piperidine rings is 1. The summed E-state index contributed by atoms with van der Waals surface area (Å²) in [6.07, 6.45) is 6.35. The summed E-state index contributed by atoms with van der Waals surface area (Å²) < 4.78 is 28.2. The highest BCUT2D eigenvalue weighted by molar-refractivity contribution is 7.92. The van der Waals surface area contributed by atoms with Crippen molar-refractivity contribution in [1.82, 2.24) is 14.5 Å². The maximum absolute atomic E-state index is 12.9. The largest absolute Gasteiger partial charge is 0.334 e. The lowest BCUT2D eigenvalue weighted by Crippen LogP contribution is -2.48. The highest BCUT2D eigenvalue weighted by Gasteiger charge is 2.47. The van der Waals surface area contributed by atoms with E-state index in [1.165, 1.54) is 10.6 Å². The molecule has 2 aliphatic heterocycles. The Balaban J connectivity index is 0.00000274. The third-order valence-electron chi connectivity index (χ3n) is 6.81. The molecule has 0 unspecified atom stereocenters. The number of hydrogen-bond donors (Lipinski definition) is 1. The van der Waals surface area contributed by atoms with Crippen LogP contribution in [0.25, 0.3) is 11.4 Å². The number of benzene rings is 2. The van der Waals surface area contributed by atoms with Crippen molar-refractivity contribution >= 4 is 39.8 Å². The van der Waals surface area contributed by atoms with Gasteiger partial charge in [0.05, 0.1) is 11.9 Å². The van der Waals surface area contributed by atoms with Crippen LogP contribution in [-0.2, 0) is 22.5 Å². The third-order valence-corrected chi connectivity index (χ3v) is 7.94. The van der Waals surface area contributed by atoms with Gasteiger partial charge in [-0.25, -0.2) is 18.2 Å². The van der Waals surface area contributed by atoms with E-state index in [9.17, 15) is 13.2 Å². The van der Waals surface area contributed by atoms with Gasteiger partial charge >= 0.3 is 6.03 Å². The number of likely N-dealkylation sites (tertiary alicyclic amines) is 1. The second-order valence-electron chi connectivity index (χ2n) is 8.92. The van der Waals surface area contributed by atoms with Crippen molar-refractivity contribution in [2.75, 3.05) is 35.5 Å². The fourth-order valence-electron chi connectivity index (χ4n) is 4.99. The molecule has 0 radical (unpaired) electrons. The number of halogens is 1. The van der Waals surface area contributed by atoms with Gasteiger partial charge in [0.1, 0.15) is 5.82 Å². The maximum atomic E-state index is 12.9. The van der Waals surface area contributed by atoms with Gasteiger partial charge in [0.15, 0.2) is 0 Å². The monoisotopic (exact) mass is 501 g/mol. The van der Waals surface area contributed by atoms with Crippen molar-refractivity contribution in [3.05, 3.63) is 66.5 Å². The van der Waals surface area contributed by atoms with Crippen LogP contribution < -0.4 is 9.62 Å². The molecule has 0 bridgehead atoms. The minimum absolute atomic E-state index is 0. The Kier molecular flexibility index (Phi) is 6.35.